The van der Waals surface area contributed by atoms with Crippen molar-refractivity contribution in [1.82, 2.24) is 0 Å². The smallest absolute Gasteiger partial charge is 0.224 e. The molecule has 22 heavy (non-hydrogen) atoms. The molecule has 2 rings (SSSR count). The Balaban J connectivity index is 2.01. The average molecular weight is 300 g/mol. The molecule has 2 aromatic carbocycles. The Labute approximate surface area is 130 Å². The summed E-state index contributed by atoms with van der Waals surface area (Å²) in [5, 5.41) is 2.84. The molecule has 0 saturated heterocycles. The Kier molecular flexibility index (Phi) is 5.25. The van der Waals surface area contributed by atoms with Crippen molar-refractivity contribution < 1.29 is 14.3 Å². The number of hydrogen-bond donors (Lipinski definition) is 2. The monoisotopic (exact) mass is 300 g/mol. The van der Waals surface area contributed by atoms with Crippen LogP contribution in [0.25, 0.3) is 0 Å². The van der Waals surface area contributed by atoms with Gasteiger partial charge in [0.25, 0.3) is 0 Å². The van der Waals surface area contributed by atoms with Gasteiger partial charge in [-0.2, -0.15) is 0 Å². The normalized spacial score (nSPS) is 10.1. The topological polar surface area (TPSA) is 73.6 Å². The Morgan fingerprint density at radius 1 is 1.14 bits per heavy atom. The second-order valence-corrected chi connectivity index (χ2v) is 4.81. The molecule has 0 unspecified atom stereocenters. The van der Waals surface area contributed by atoms with Gasteiger partial charge < -0.3 is 20.5 Å². The number of ether oxygens (including phenoxy) is 2. The molecule has 0 atom stereocenters. The SMILES string of the molecule is COc1ccc(OC)c(NC(=O)CCc2ccccc2N)c1. The third-order valence-corrected chi connectivity index (χ3v) is 3.36. The van der Waals surface area contributed by atoms with Crippen LogP contribution in [0.15, 0.2) is 42.5 Å². The Morgan fingerprint density at radius 2 is 1.91 bits per heavy atom. The molecule has 0 spiro atoms. The summed E-state index contributed by atoms with van der Waals surface area (Å²) in [7, 11) is 3.13. The van der Waals surface area contributed by atoms with E-state index in [2.05, 4.69) is 5.32 Å². The van der Waals surface area contributed by atoms with Crippen LogP contribution in [-0.2, 0) is 11.2 Å². The number of aryl methyl sites for hydroxylation is 1. The maximum Gasteiger partial charge on any atom is 0.224 e. The van der Waals surface area contributed by atoms with Crippen LogP contribution in [-0.4, -0.2) is 20.1 Å². The predicted molar refractivity (Wildman–Crippen MR) is 87.4 cm³/mol. The second kappa shape index (κ2) is 7.36. The lowest BCUT2D eigenvalue weighted by atomic mass is 10.1. The van der Waals surface area contributed by atoms with E-state index in [1.807, 2.05) is 24.3 Å². The van der Waals surface area contributed by atoms with Gasteiger partial charge in [0, 0.05) is 18.2 Å². The first-order chi connectivity index (χ1) is 10.6. The molecule has 1 amide bonds. The summed E-state index contributed by atoms with van der Waals surface area (Å²) in [5.74, 6) is 1.14. The number of benzene rings is 2. The highest BCUT2D eigenvalue weighted by atomic mass is 16.5. The minimum absolute atomic E-state index is 0.102. The number of para-hydroxylation sites is 1. The van der Waals surface area contributed by atoms with Crippen LogP contribution < -0.4 is 20.5 Å². The van der Waals surface area contributed by atoms with Gasteiger partial charge in [-0.3, -0.25) is 4.79 Å². The molecule has 116 valence electrons. The van der Waals surface area contributed by atoms with Crippen molar-refractivity contribution in [2.75, 3.05) is 25.3 Å². The molecule has 0 saturated carbocycles. The van der Waals surface area contributed by atoms with Crippen LogP contribution in [0.4, 0.5) is 11.4 Å². The average Bonchev–Trinajstić information content (AvgIpc) is 2.54. The zero-order valence-corrected chi connectivity index (χ0v) is 12.8. The van der Waals surface area contributed by atoms with Gasteiger partial charge in [-0.1, -0.05) is 18.2 Å². The molecule has 0 radical (unpaired) electrons. The highest BCUT2D eigenvalue weighted by molar-refractivity contribution is 5.92. The lowest BCUT2D eigenvalue weighted by Crippen LogP contribution is -2.13. The van der Waals surface area contributed by atoms with E-state index in [0.29, 0.717) is 35.7 Å². The van der Waals surface area contributed by atoms with Gasteiger partial charge in [0.2, 0.25) is 5.91 Å². The Morgan fingerprint density at radius 3 is 2.59 bits per heavy atom. The number of nitrogens with two attached hydrogens (primary N) is 1. The zero-order chi connectivity index (χ0) is 15.9. The maximum absolute atomic E-state index is 12.1. The molecule has 0 aromatic heterocycles. The first kappa shape index (κ1) is 15.7. The van der Waals surface area contributed by atoms with E-state index in [0.717, 1.165) is 5.56 Å². The predicted octanol–water partition coefficient (Wildman–Crippen LogP) is 2.86. The molecule has 0 bridgehead atoms. The first-order valence-electron chi connectivity index (χ1n) is 6.99. The van der Waals surface area contributed by atoms with Crippen LogP contribution in [0.3, 0.4) is 0 Å². The van der Waals surface area contributed by atoms with Crippen LogP contribution >= 0.6 is 0 Å². The summed E-state index contributed by atoms with van der Waals surface area (Å²) in [5.41, 5.74) is 8.14. The minimum Gasteiger partial charge on any atom is -0.497 e. The van der Waals surface area contributed by atoms with E-state index in [-0.39, 0.29) is 5.91 Å². The van der Waals surface area contributed by atoms with E-state index in [4.69, 9.17) is 15.2 Å². The highest BCUT2D eigenvalue weighted by Crippen LogP contribution is 2.29. The number of amides is 1. The van der Waals surface area contributed by atoms with Crippen LogP contribution in [0.1, 0.15) is 12.0 Å². The van der Waals surface area contributed by atoms with Gasteiger partial charge in [-0.15, -0.1) is 0 Å². The van der Waals surface area contributed by atoms with E-state index in [1.165, 1.54) is 0 Å². The minimum atomic E-state index is -0.102. The number of anilines is 2. The van der Waals surface area contributed by atoms with Gasteiger partial charge in [-0.25, -0.2) is 0 Å². The number of methoxy groups -OCH3 is 2. The van der Waals surface area contributed by atoms with Gasteiger partial charge in [0.05, 0.1) is 19.9 Å². The third-order valence-electron chi connectivity index (χ3n) is 3.36. The summed E-state index contributed by atoms with van der Waals surface area (Å²) >= 11 is 0. The molecule has 5 nitrogen and oxygen atoms in total. The van der Waals surface area contributed by atoms with Crippen molar-refractivity contribution in [2.24, 2.45) is 0 Å². The number of rotatable bonds is 6. The van der Waals surface area contributed by atoms with Gasteiger partial charge in [0.15, 0.2) is 0 Å². The van der Waals surface area contributed by atoms with E-state index in [9.17, 15) is 4.79 Å². The molecular formula is C17H20N2O3. The molecule has 0 fully saturated rings. The fourth-order valence-electron chi connectivity index (χ4n) is 2.13. The number of carbonyl (C=O) groups is 1. The molecule has 2 aromatic rings. The van der Waals surface area contributed by atoms with Crippen molar-refractivity contribution in [3.63, 3.8) is 0 Å². The second-order valence-electron chi connectivity index (χ2n) is 4.81. The van der Waals surface area contributed by atoms with Crippen LogP contribution in [0.2, 0.25) is 0 Å². The first-order valence-corrected chi connectivity index (χ1v) is 6.99. The Hall–Kier alpha value is -2.69. The van der Waals surface area contributed by atoms with E-state index in [1.54, 1.807) is 32.4 Å². The summed E-state index contributed by atoms with van der Waals surface area (Å²) in [6, 6.07) is 12.8. The zero-order valence-electron chi connectivity index (χ0n) is 12.8. The number of hydrogen-bond acceptors (Lipinski definition) is 4. The van der Waals surface area contributed by atoms with Crippen molar-refractivity contribution >= 4 is 17.3 Å². The van der Waals surface area contributed by atoms with E-state index >= 15 is 0 Å². The fourth-order valence-corrected chi connectivity index (χ4v) is 2.13. The quantitative estimate of drug-likeness (QED) is 0.805. The summed E-state index contributed by atoms with van der Waals surface area (Å²) < 4.78 is 10.4. The third kappa shape index (κ3) is 3.91. The lowest BCUT2D eigenvalue weighted by Gasteiger charge is -2.12. The Bertz CT molecular complexity index is 656. The molecule has 0 aliphatic heterocycles. The van der Waals surface area contributed by atoms with Crippen molar-refractivity contribution in [2.45, 2.75) is 12.8 Å². The van der Waals surface area contributed by atoms with Crippen molar-refractivity contribution in [3.8, 4) is 11.5 Å². The molecule has 0 aliphatic rings. The maximum atomic E-state index is 12.1. The molecule has 0 aliphatic carbocycles. The number of carbonyl (C=O) groups excluding carboxylic acids is 1. The highest BCUT2D eigenvalue weighted by Gasteiger charge is 2.10. The molecule has 5 heteroatoms. The molecule has 3 N–H and O–H groups in total. The van der Waals surface area contributed by atoms with Crippen molar-refractivity contribution in [3.05, 3.63) is 48.0 Å². The number of nitrogen functional groups attached to an aromatic ring is 1. The standard InChI is InChI=1S/C17H20N2O3/c1-21-13-8-9-16(22-2)15(11-13)19-17(20)10-7-12-5-3-4-6-14(12)18/h3-6,8-9,11H,7,10,18H2,1-2H3,(H,19,20). The number of nitrogens with one attached hydrogen (secondary N) is 1. The molecule has 0 heterocycles. The summed E-state index contributed by atoms with van der Waals surface area (Å²) in [6.45, 7) is 0. The summed E-state index contributed by atoms with van der Waals surface area (Å²) in [6.07, 6.45) is 0.930. The van der Waals surface area contributed by atoms with E-state index < -0.39 is 0 Å². The van der Waals surface area contributed by atoms with Gasteiger partial charge >= 0.3 is 0 Å². The van der Waals surface area contributed by atoms with Gasteiger partial charge in [-0.05, 0) is 30.2 Å². The van der Waals surface area contributed by atoms with Crippen LogP contribution in [0.5, 0.6) is 11.5 Å². The van der Waals surface area contributed by atoms with Gasteiger partial charge in [0.1, 0.15) is 11.5 Å². The van der Waals surface area contributed by atoms with Crippen LogP contribution in [0, 0.1) is 0 Å². The fraction of sp³-hybridized carbons (Fsp3) is 0.235. The van der Waals surface area contributed by atoms with Crippen molar-refractivity contribution in [1.29, 1.82) is 0 Å². The largest absolute Gasteiger partial charge is 0.497 e. The summed E-state index contributed by atoms with van der Waals surface area (Å²) in [4.78, 5) is 12.1. The molecular weight excluding hydrogens is 280 g/mol. The lowest BCUT2D eigenvalue weighted by molar-refractivity contribution is -0.116.